The summed E-state index contributed by atoms with van der Waals surface area (Å²) in [6.45, 7) is 2.05. The van der Waals surface area contributed by atoms with Crippen LogP contribution in [0.25, 0.3) is 10.1 Å². The van der Waals surface area contributed by atoms with Crippen LogP contribution in [-0.4, -0.2) is 5.11 Å². The zero-order valence-corrected chi connectivity index (χ0v) is 8.70. The van der Waals surface area contributed by atoms with Crippen LogP contribution in [0.3, 0.4) is 0 Å². The Balaban J connectivity index is 2.72. The topological polar surface area (TPSA) is 20.2 Å². The second-order valence-electron chi connectivity index (χ2n) is 3.23. The summed E-state index contributed by atoms with van der Waals surface area (Å²) in [6, 6.07) is 5.36. The zero-order chi connectivity index (χ0) is 10.1. The van der Waals surface area contributed by atoms with Gasteiger partial charge in [0.25, 0.3) is 0 Å². The van der Waals surface area contributed by atoms with Gasteiger partial charge < -0.3 is 5.11 Å². The van der Waals surface area contributed by atoms with E-state index in [0.29, 0.717) is 0 Å². The fourth-order valence-electron chi connectivity index (χ4n) is 1.63. The van der Waals surface area contributed by atoms with Crippen LogP contribution < -0.4 is 0 Å². The maximum atomic E-state index is 13.0. The predicted octanol–water partition coefficient (Wildman–Crippen LogP) is 3.10. The Kier molecular flexibility index (Phi) is 2.52. The lowest BCUT2D eigenvalue weighted by Gasteiger charge is -2.02. The summed E-state index contributed by atoms with van der Waals surface area (Å²) in [5.74, 6) is 0. The number of hydrogen-bond donors (Lipinski definition) is 1. The smallest absolute Gasteiger partial charge is 0.177 e. The van der Waals surface area contributed by atoms with Gasteiger partial charge >= 0.3 is 0 Å². The normalized spacial score (nSPS) is 11.1. The molecule has 0 spiro atoms. The van der Waals surface area contributed by atoms with Crippen molar-refractivity contribution >= 4 is 21.4 Å². The first-order valence-electron chi connectivity index (χ1n) is 4.56. The molecule has 0 unspecified atom stereocenters. The van der Waals surface area contributed by atoms with Gasteiger partial charge in [-0.25, -0.2) is 0 Å². The first-order chi connectivity index (χ1) is 6.74. The molecule has 0 aliphatic heterocycles. The van der Waals surface area contributed by atoms with Crippen molar-refractivity contribution < 1.29 is 9.50 Å². The fourth-order valence-corrected chi connectivity index (χ4v) is 2.52. The number of hydrogen-bond acceptors (Lipinski definition) is 2. The minimum atomic E-state index is -0.162. The maximum absolute atomic E-state index is 13.0. The van der Waals surface area contributed by atoms with E-state index in [1.807, 2.05) is 19.1 Å². The van der Waals surface area contributed by atoms with Gasteiger partial charge in [0, 0.05) is 4.70 Å². The van der Waals surface area contributed by atoms with Crippen molar-refractivity contribution in [2.75, 3.05) is 0 Å². The maximum Gasteiger partial charge on any atom is 0.177 e. The van der Waals surface area contributed by atoms with Gasteiger partial charge in [0.15, 0.2) is 5.13 Å². The van der Waals surface area contributed by atoms with Crippen molar-refractivity contribution in [3.63, 3.8) is 0 Å². The van der Waals surface area contributed by atoms with Gasteiger partial charge in [-0.05, 0) is 35.1 Å². The van der Waals surface area contributed by atoms with Crippen LogP contribution >= 0.6 is 11.3 Å². The molecule has 0 saturated heterocycles. The summed E-state index contributed by atoms with van der Waals surface area (Å²) in [6.07, 6.45) is 0.862. The molecule has 1 heterocycles. The average molecular weight is 210 g/mol. The van der Waals surface area contributed by atoms with E-state index in [-0.39, 0.29) is 11.7 Å². The van der Waals surface area contributed by atoms with E-state index in [1.165, 1.54) is 0 Å². The minimum absolute atomic E-state index is 0.0163. The lowest BCUT2D eigenvalue weighted by Crippen LogP contribution is -1.87. The molecule has 0 bridgehead atoms. The summed E-state index contributed by atoms with van der Waals surface area (Å²) in [7, 11) is 0. The van der Waals surface area contributed by atoms with Crippen LogP contribution in [0.2, 0.25) is 0 Å². The van der Waals surface area contributed by atoms with Crippen molar-refractivity contribution in [3.8, 4) is 0 Å². The second kappa shape index (κ2) is 3.67. The first-order valence-corrected chi connectivity index (χ1v) is 5.38. The highest BCUT2D eigenvalue weighted by atomic mass is 32.1. The summed E-state index contributed by atoms with van der Waals surface area (Å²) in [4.78, 5) is 0. The molecule has 0 aliphatic rings. The van der Waals surface area contributed by atoms with Crippen molar-refractivity contribution in [3.05, 3.63) is 34.5 Å². The Labute approximate surface area is 85.8 Å². The molecule has 1 nitrogen and oxygen atoms in total. The van der Waals surface area contributed by atoms with Crippen LogP contribution in [0.4, 0.5) is 4.39 Å². The van der Waals surface area contributed by atoms with Gasteiger partial charge in [-0.15, -0.1) is 11.3 Å². The Bertz CT molecular complexity index is 462. The van der Waals surface area contributed by atoms with Crippen LogP contribution in [-0.2, 0) is 13.0 Å². The van der Waals surface area contributed by atoms with Crippen LogP contribution in [0, 0.1) is 5.13 Å². The summed E-state index contributed by atoms with van der Waals surface area (Å²) in [5, 5.41) is 9.85. The number of benzene rings is 1. The standard InChI is InChI=1S/C11H11FOS/c1-2-8-3-7(6-13)4-10-9(8)5-11(12)14-10/h3-5,13H,2,6H2,1H3. The molecule has 0 atom stereocenters. The summed E-state index contributed by atoms with van der Waals surface area (Å²) < 4.78 is 14.0. The van der Waals surface area contributed by atoms with Crippen LogP contribution in [0.15, 0.2) is 18.2 Å². The summed E-state index contributed by atoms with van der Waals surface area (Å²) >= 11 is 1.13. The van der Waals surface area contributed by atoms with E-state index >= 15 is 0 Å². The molecule has 0 saturated carbocycles. The molecule has 1 aromatic carbocycles. The van der Waals surface area contributed by atoms with Crippen LogP contribution in [0.5, 0.6) is 0 Å². The molecule has 74 valence electrons. The van der Waals surface area contributed by atoms with Gasteiger partial charge in [0.2, 0.25) is 0 Å². The molecule has 2 rings (SSSR count). The fraction of sp³-hybridized carbons (Fsp3) is 0.273. The number of thiophene rings is 1. The molecule has 3 heteroatoms. The molecule has 1 N–H and O–H groups in total. The number of aliphatic hydroxyl groups is 1. The van der Waals surface area contributed by atoms with E-state index in [0.717, 1.165) is 39.0 Å². The molecular formula is C11H11FOS. The molecule has 0 radical (unpaired) electrons. The van der Waals surface area contributed by atoms with Crippen LogP contribution in [0.1, 0.15) is 18.1 Å². The highest BCUT2D eigenvalue weighted by Crippen LogP contribution is 2.29. The van der Waals surface area contributed by atoms with Gasteiger partial charge in [-0.3, -0.25) is 0 Å². The number of aryl methyl sites for hydroxylation is 1. The van der Waals surface area contributed by atoms with Gasteiger partial charge in [0.1, 0.15) is 0 Å². The third-order valence-electron chi connectivity index (χ3n) is 2.32. The second-order valence-corrected chi connectivity index (χ2v) is 4.26. The van der Waals surface area contributed by atoms with Crippen molar-refractivity contribution in [1.82, 2.24) is 0 Å². The predicted molar refractivity (Wildman–Crippen MR) is 57.1 cm³/mol. The van der Waals surface area contributed by atoms with E-state index in [2.05, 4.69) is 0 Å². The third kappa shape index (κ3) is 1.53. The van der Waals surface area contributed by atoms with Crippen molar-refractivity contribution in [2.24, 2.45) is 0 Å². The first kappa shape index (κ1) is 9.62. The third-order valence-corrected chi connectivity index (χ3v) is 3.19. The quantitative estimate of drug-likeness (QED) is 0.807. The lowest BCUT2D eigenvalue weighted by molar-refractivity contribution is 0.282. The molecule has 0 amide bonds. The Hall–Kier alpha value is -0.930. The molecule has 2 aromatic rings. The van der Waals surface area contributed by atoms with E-state index in [9.17, 15) is 4.39 Å². The number of rotatable bonds is 2. The van der Waals surface area contributed by atoms with Crippen molar-refractivity contribution in [2.45, 2.75) is 20.0 Å². The zero-order valence-electron chi connectivity index (χ0n) is 7.88. The molecule has 14 heavy (non-hydrogen) atoms. The molecule has 1 aromatic heterocycles. The van der Waals surface area contributed by atoms with Crippen molar-refractivity contribution in [1.29, 1.82) is 0 Å². The van der Waals surface area contributed by atoms with Gasteiger partial charge in [0.05, 0.1) is 6.61 Å². The number of fused-ring (bicyclic) bond motifs is 1. The Morgan fingerprint density at radius 3 is 2.79 bits per heavy atom. The number of halogens is 1. The largest absolute Gasteiger partial charge is 0.392 e. The monoisotopic (exact) mass is 210 g/mol. The molecule has 0 fully saturated rings. The van der Waals surface area contributed by atoms with E-state index in [1.54, 1.807) is 6.07 Å². The number of aliphatic hydroxyl groups excluding tert-OH is 1. The SMILES string of the molecule is CCc1cc(CO)cc2sc(F)cc12. The highest BCUT2D eigenvalue weighted by molar-refractivity contribution is 7.17. The van der Waals surface area contributed by atoms with Gasteiger partial charge in [-0.2, -0.15) is 4.39 Å². The Morgan fingerprint density at radius 1 is 1.36 bits per heavy atom. The highest BCUT2D eigenvalue weighted by Gasteiger charge is 2.06. The minimum Gasteiger partial charge on any atom is -0.392 e. The molecular weight excluding hydrogens is 199 g/mol. The van der Waals surface area contributed by atoms with E-state index < -0.39 is 0 Å². The van der Waals surface area contributed by atoms with Gasteiger partial charge in [-0.1, -0.05) is 13.0 Å². The average Bonchev–Trinajstić information content (AvgIpc) is 2.56. The lowest BCUT2D eigenvalue weighted by atomic mass is 10.1. The van der Waals surface area contributed by atoms with E-state index in [4.69, 9.17) is 5.11 Å². The Morgan fingerprint density at radius 2 is 2.14 bits per heavy atom. The molecule has 0 aliphatic carbocycles. The summed E-state index contributed by atoms with van der Waals surface area (Å²) in [5.41, 5.74) is 1.96.